The maximum absolute atomic E-state index is 12.4. The van der Waals surface area contributed by atoms with Crippen LogP contribution in [0.1, 0.15) is 28.9 Å². The number of rotatable bonds is 2. The van der Waals surface area contributed by atoms with Crippen LogP contribution in [0.3, 0.4) is 0 Å². The second kappa shape index (κ2) is 5.10. The highest BCUT2D eigenvalue weighted by atomic mass is 35.5. The SMILES string of the molecule is Cc1cc(C(=O)N2CCN(C3CC3)CC2)cc(Cl)n1. The minimum Gasteiger partial charge on any atom is -0.336 e. The summed E-state index contributed by atoms with van der Waals surface area (Å²) in [7, 11) is 0. The third kappa shape index (κ3) is 2.90. The number of pyridine rings is 1. The first kappa shape index (κ1) is 12.9. The molecule has 0 atom stereocenters. The van der Waals surface area contributed by atoms with Crippen LogP contribution in [0.15, 0.2) is 12.1 Å². The first-order valence-corrected chi connectivity index (χ1v) is 7.19. The Labute approximate surface area is 118 Å². The molecule has 2 fully saturated rings. The Kier molecular flexibility index (Phi) is 3.46. The van der Waals surface area contributed by atoms with Crippen molar-refractivity contribution >= 4 is 17.5 Å². The number of carbonyl (C=O) groups excluding carboxylic acids is 1. The molecule has 0 radical (unpaired) electrons. The zero-order valence-electron chi connectivity index (χ0n) is 11.1. The fourth-order valence-corrected chi connectivity index (χ4v) is 2.91. The summed E-state index contributed by atoms with van der Waals surface area (Å²) in [6, 6.07) is 4.25. The van der Waals surface area contributed by atoms with Crippen molar-refractivity contribution < 1.29 is 4.79 Å². The number of hydrogen-bond acceptors (Lipinski definition) is 3. The van der Waals surface area contributed by atoms with Crippen LogP contribution in [0.4, 0.5) is 0 Å². The normalized spacial score (nSPS) is 20.6. The van der Waals surface area contributed by atoms with Gasteiger partial charge >= 0.3 is 0 Å². The molecule has 4 nitrogen and oxygen atoms in total. The largest absolute Gasteiger partial charge is 0.336 e. The Morgan fingerprint density at radius 2 is 1.95 bits per heavy atom. The molecule has 0 unspecified atom stereocenters. The Hall–Kier alpha value is -1.13. The summed E-state index contributed by atoms with van der Waals surface area (Å²) < 4.78 is 0. The Morgan fingerprint density at radius 1 is 1.26 bits per heavy atom. The lowest BCUT2D eigenvalue weighted by molar-refractivity contribution is 0.0627. The van der Waals surface area contributed by atoms with E-state index in [-0.39, 0.29) is 5.91 Å². The van der Waals surface area contributed by atoms with E-state index < -0.39 is 0 Å². The van der Waals surface area contributed by atoms with Gasteiger partial charge in [0.2, 0.25) is 0 Å². The monoisotopic (exact) mass is 279 g/mol. The molecular formula is C14H18ClN3O. The van der Waals surface area contributed by atoms with E-state index >= 15 is 0 Å². The molecule has 0 spiro atoms. The Morgan fingerprint density at radius 3 is 2.53 bits per heavy atom. The number of nitrogens with zero attached hydrogens (tertiary/aromatic N) is 3. The van der Waals surface area contributed by atoms with Gasteiger partial charge in [0, 0.05) is 43.5 Å². The van der Waals surface area contributed by atoms with Gasteiger partial charge in [0.25, 0.3) is 5.91 Å². The highest BCUT2D eigenvalue weighted by molar-refractivity contribution is 6.29. The van der Waals surface area contributed by atoms with Crippen LogP contribution in [-0.2, 0) is 0 Å². The van der Waals surface area contributed by atoms with Crippen molar-refractivity contribution in [3.8, 4) is 0 Å². The van der Waals surface area contributed by atoms with E-state index in [4.69, 9.17) is 11.6 Å². The van der Waals surface area contributed by atoms with E-state index in [0.29, 0.717) is 10.7 Å². The molecule has 0 bridgehead atoms. The topological polar surface area (TPSA) is 36.4 Å². The molecule has 1 aliphatic carbocycles. The van der Waals surface area contributed by atoms with E-state index in [1.165, 1.54) is 12.8 Å². The van der Waals surface area contributed by atoms with Crippen molar-refractivity contribution in [2.75, 3.05) is 26.2 Å². The standard InChI is InChI=1S/C14H18ClN3O/c1-10-8-11(9-13(15)16-10)14(19)18-6-4-17(5-7-18)12-2-3-12/h8-9,12H,2-7H2,1H3. The summed E-state index contributed by atoms with van der Waals surface area (Å²) in [6.07, 6.45) is 2.65. The number of hydrogen-bond donors (Lipinski definition) is 0. The summed E-state index contributed by atoms with van der Waals surface area (Å²) in [5.41, 5.74) is 1.44. The maximum Gasteiger partial charge on any atom is 0.254 e. The van der Waals surface area contributed by atoms with Crippen molar-refractivity contribution in [3.05, 3.63) is 28.5 Å². The van der Waals surface area contributed by atoms with Crippen molar-refractivity contribution in [1.29, 1.82) is 0 Å². The van der Waals surface area contributed by atoms with E-state index in [2.05, 4.69) is 9.88 Å². The summed E-state index contributed by atoms with van der Waals surface area (Å²) in [5.74, 6) is 0.0721. The lowest BCUT2D eigenvalue weighted by Gasteiger charge is -2.34. The number of amides is 1. The first-order chi connectivity index (χ1) is 9.13. The van der Waals surface area contributed by atoms with Crippen LogP contribution < -0.4 is 0 Å². The molecule has 2 aliphatic rings. The number of aryl methyl sites for hydroxylation is 1. The van der Waals surface area contributed by atoms with Gasteiger partial charge in [-0.3, -0.25) is 9.69 Å². The van der Waals surface area contributed by atoms with Crippen LogP contribution >= 0.6 is 11.6 Å². The summed E-state index contributed by atoms with van der Waals surface area (Å²) in [6.45, 7) is 5.47. The van der Waals surface area contributed by atoms with Gasteiger partial charge in [-0.1, -0.05) is 11.6 Å². The van der Waals surface area contributed by atoms with E-state index in [0.717, 1.165) is 37.9 Å². The molecule has 1 amide bonds. The number of piperazine rings is 1. The average Bonchev–Trinajstić information content (AvgIpc) is 3.21. The van der Waals surface area contributed by atoms with Crippen LogP contribution in [0.5, 0.6) is 0 Å². The zero-order chi connectivity index (χ0) is 13.4. The predicted molar refractivity (Wildman–Crippen MR) is 74.5 cm³/mol. The van der Waals surface area contributed by atoms with Gasteiger partial charge in [-0.15, -0.1) is 0 Å². The summed E-state index contributed by atoms with van der Waals surface area (Å²) in [5, 5.41) is 0.389. The third-order valence-corrected chi connectivity index (χ3v) is 4.03. The van der Waals surface area contributed by atoms with Crippen molar-refractivity contribution in [2.24, 2.45) is 0 Å². The van der Waals surface area contributed by atoms with Gasteiger partial charge in [-0.2, -0.15) is 0 Å². The van der Waals surface area contributed by atoms with E-state index in [1.54, 1.807) is 6.07 Å². The predicted octanol–water partition coefficient (Wildman–Crippen LogP) is 1.96. The molecule has 1 aromatic rings. The second-order valence-corrected chi connectivity index (χ2v) is 5.77. The molecule has 1 aliphatic heterocycles. The average molecular weight is 280 g/mol. The van der Waals surface area contributed by atoms with Gasteiger partial charge < -0.3 is 4.90 Å². The first-order valence-electron chi connectivity index (χ1n) is 6.81. The third-order valence-electron chi connectivity index (χ3n) is 3.83. The van der Waals surface area contributed by atoms with Gasteiger partial charge in [-0.25, -0.2) is 4.98 Å². The fraction of sp³-hybridized carbons (Fsp3) is 0.571. The smallest absolute Gasteiger partial charge is 0.254 e. The van der Waals surface area contributed by atoms with Crippen LogP contribution in [0.2, 0.25) is 5.15 Å². The zero-order valence-corrected chi connectivity index (χ0v) is 11.9. The molecular weight excluding hydrogens is 262 g/mol. The highest BCUT2D eigenvalue weighted by Gasteiger charge is 2.32. The quantitative estimate of drug-likeness (QED) is 0.777. The van der Waals surface area contributed by atoms with E-state index in [9.17, 15) is 4.79 Å². The van der Waals surface area contributed by atoms with Gasteiger partial charge in [0.05, 0.1) is 0 Å². The molecule has 102 valence electrons. The second-order valence-electron chi connectivity index (χ2n) is 5.38. The van der Waals surface area contributed by atoms with Gasteiger partial charge in [-0.05, 0) is 31.9 Å². The summed E-state index contributed by atoms with van der Waals surface area (Å²) in [4.78, 5) is 20.9. The van der Waals surface area contributed by atoms with Crippen LogP contribution in [0, 0.1) is 6.92 Å². The number of halogens is 1. The molecule has 1 aromatic heterocycles. The molecule has 1 saturated heterocycles. The molecule has 0 aromatic carbocycles. The van der Waals surface area contributed by atoms with Crippen LogP contribution in [-0.4, -0.2) is 52.9 Å². The number of carbonyl (C=O) groups is 1. The Bertz CT molecular complexity index is 473. The minimum absolute atomic E-state index is 0.0721. The minimum atomic E-state index is 0.0721. The molecule has 2 heterocycles. The molecule has 0 N–H and O–H groups in total. The number of aromatic nitrogens is 1. The van der Waals surface area contributed by atoms with Crippen molar-refractivity contribution in [2.45, 2.75) is 25.8 Å². The lowest BCUT2D eigenvalue weighted by Crippen LogP contribution is -2.49. The fourth-order valence-electron chi connectivity index (χ4n) is 2.66. The highest BCUT2D eigenvalue weighted by Crippen LogP contribution is 2.27. The van der Waals surface area contributed by atoms with Crippen molar-refractivity contribution in [3.63, 3.8) is 0 Å². The van der Waals surface area contributed by atoms with Gasteiger partial charge in [0.15, 0.2) is 0 Å². The summed E-state index contributed by atoms with van der Waals surface area (Å²) >= 11 is 5.92. The van der Waals surface area contributed by atoms with Crippen LogP contribution in [0.25, 0.3) is 0 Å². The molecule has 5 heteroatoms. The van der Waals surface area contributed by atoms with E-state index in [1.807, 2.05) is 17.9 Å². The molecule has 1 saturated carbocycles. The Balaban J connectivity index is 1.67. The van der Waals surface area contributed by atoms with Gasteiger partial charge in [0.1, 0.15) is 5.15 Å². The van der Waals surface area contributed by atoms with Crippen molar-refractivity contribution in [1.82, 2.24) is 14.8 Å². The molecule has 19 heavy (non-hydrogen) atoms. The molecule has 3 rings (SSSR count). The lowest BCUT2D eigenvalue weighted by atomic mass is 10.2. The maximum atomic E-state index is 12.4.